The van der Waals surface area contributed by atoms with Crippen molar-refractivity contribution < 1.29 is 8.83 Å². The molecule has 2 aromatic carbocycles. The molecule has 0 unspecified atom stereocenters. The summed E-state index contributed by atoms with van der Waals surface area (Å²) in [5.74, 6) is 0. The highest BCUT2D eigenvalue weighted by Crippen LogP contribution is 2.32. The molecule has 28 heavy (non-hydrogen) atoms. The largest absolute Gasteiger partial charge is 0.464 e. The molecule has 0 atom stereocenters. The van der Waals surface area contributed by atoms with E-state index in [2.05, 4.69) is 34.0 Å². The van der Waals surface area contributed by atoms with Crippen LogP contribution in [0.1, 0.15) is 18.4 Å². The molecule has 2 aromatic heterocycles. The van der Waals surface area contributed by atoms with Crippen molar-refractivity contribution in [1.29, 1.82) is 0 Å². The zero-order valence-corrected chi connectivity index (χ0v) is 16.2. The first-order valence-electron chi connectivity index (χ1n) is 9.29. The lowest BCUT2D eigenvalue weighted by Crippen LogP contribution is -2.34. The Bertz CT molecular complexity index is 1250. The molecule has 0 saturated heterocycles. The first-order chi connectivity index (χ1) is 13.7. The number of nitrogens with one attached hydrogen (secondary N) is 2. The SMILES string of the molecule is Cc1coc2cc3o/c(=N/NC(=S)NC4CC4)cc(-c4ccccc4)c3cc12. The van der Waals surface area contributed by atoms with Crippen molar-refractivity contribution >= 4 is 39.3 Å². The van der Waals surface area contributed by atoms with E-state index in [1.165, 1.54) is 0 Å². The van der Waals surface area contributed by atoms with Crippen molar-refractivity contribution in [3.05, 3.63) is 65.9 Å². The number of nitrogens with zero attached hydrogens (tertiary/aromatic N) is 1. The summed E-state index contributed by atoms with van der Waals surface area (Å²) in [4.78, 5) is 0. The summed E-state index contributed by atoms with van der Waals surface area (Å²) in [6.45, 7) is 2.04. The van der Waals surface area contributed by atoms with Crippen molar-refractivity contribution in [3.8, 4) is 11.1 Å². The van der Waals surface area contributed by atoms with Crippen molar-refractivity contribution in [2.24, 2.45) is 5.10 Å². The lowest BCUT2D eigenvalue weighted by molar-refractivity contribution is 0.529. The van der Waals surface area contributed by atoms with Crippen LogP contribution in [0.25, 0.3) is 33.1 Å². The lowest BCUT2D eigenvalue weighted by atomic mass is 10.0. The Morgan fingerprint density at radius 3 is 2.68 bits per heavy atom. The summed E-state index contributed by atoms with van der Waals surface area (Å²) in [5.41, 5.74) is 8.09. The van der Waals surface area contributed by atoms with Crippen molar-refractivity contribution in [2.45, 2.75) is 25.8 Å². The molecule has 0 bridgehead atoms. The zero-order valence-electron chi connectivity index (χ0n) is 15.4. The third-order valence-corrected chi connectivity index (χ3v) is 5.12. The van der Waals surface area contributed by atoms with E-state index in [1.807, 2.05) is 37.3 Å². The Morgan fingerprint density at radius 1 is 1.07 bits per heavy atom. The molecule has 0 aliphatic heterocycles. The molecule has 1 aliphatic carbocycles. The van der Waals surface area contributed by atoms with E-state index in [-0.39, 0.29) is 0 Å². The predicted octanol–water partition coefficient (Wildman–Crippen LogP) is 4.60. The van der Waals surface area contributed by atoms with Gasteiger partial charge in [-0.3, -0.25) is 5.43 Å². The van der Waals surface area contributed by atoms with Crippen LogP contribution in [0.2, 0.25) is 0 Å². The highest BCUT2D eigenvalue weighted by molar-refractivity contribution is 7.80. The first kappa shape index (κ1) is 17.0. The molecule has 1 fully saturated rings. The van der Waals surface area contributed by atoms with Gasteiger partial charge in [-0.05, 0) is 54.7 Å². The Morgan fingerprint density at radius 2 is 1.89 bits per heavy atom. The highest BCUT2D eigenvalue weighted by atomic mass is 32.1. The van der Waals surface area contributed by atoms with Gasteiger partial charge in [-0.2, -0.15) is 0 Å². The van der Waals surface area contributed by atoms with Crippen LogP contribution in [0.3, 0.4) is 0 Å². The Kier molecular flexibility index (Phi) is 4.13. The standard InChI is InChI=1S/C22H19N3O2S/c1-13-12-26-19-11-20-18(9-16(13)19)17(14-5-3-2-4-6-14)10-21(27-20)24-25-22(28)23-15-7-8-15/h2-6,9-12,15H,7-8H2,1H3,(H2,23,25,28)/b24-21+. The second kappa shape index (κ2) is 6.80. The third kappa shape index (κ3) is 3.27. The first-order valence-corrected chi connectivity index (χ1v) is 9.69. The third-order valence-electron chi connectivity index (χ3n) is 4.91. The van der Waals surface area contributed by atoms with E-state index < -0.39 is 0 Å². The number of furan rings is 1. The van der Waals surface area contributed by atoms with E-state index >= 15 is 0 Å². The van der Waals surface area contributed by atoms with Crippen molar-refractivity contribution in [2.75, 3.05) is 0 Å². The summed E-state index contributed by atoms with van der Waals surface area (Å²) >= 11 is 5.28. The number of fused-ring (bicyclic) bond motifs is 2. The van der Waals surface area contributed by atoms with Crippen LogP contribution in [0.15, 0.2) is 68.7 Å². The van der Waals surface area contributed by atoms with Gasteiger partial charge in [-0.1, -0.05) is 30.3 Å². The quantitative estimate of drug-likeness (QED) is 0.396. The normalized spacial score (nSPS) is 14.5. The van der Waals surface area contributed by atoms with Crippen LogP contribution in [0.4, 0.5) is 0 Å². The molecule has 140 valence electrons. The molecule has 0 spiro atoms. The fourth-order valence-electron chi connectivity index (χ4n) is 3.28. The molecule has 0 amide bonds. The second-order valence-corrected chi connectivity index (χ2v) is 7.51. The number of hydrogen-bond donors (Lipinski definition) is 2. The average Bonchev–Trinajstić information content (AvgIpc) is 3.46. The van der Waals surface area contributed by atoms with Crippen LogP contribution in [0.5, 0.6) is 0 Å². The van der Waals surface area contributed by atoms with Gasteiger partial charge in [-0.15, -0.1) is 5.10 Å². The number of thiocarbonyl (C=S) groups is 1. The lowest BCUT2D eigenvalue weighted by Gasteiger charge is -2.08. The van der Waals surface area contributed by atoms with Gasteiger partial charge in [0.15, 0.2) is 5.11 Å². The number of hydrogen-bond acceptors (Lipinski definition) is 4. The minimum atomic E-state index is 0.453. The Balaban J connectivity index is 1.67. The van der Waals surface area contributed by atoms with Crippen molar-refractivity contribution in [3.63, 3.8) is 0 Å². The van der Waals surface area contributed by atoms with Crippen LogP contribution in [-0.4, -0.2) is 11.2 Å². The van der Waals surface area contributed by atoms with E-state index in [4.69, 9.17) is 21.1 Å². The number of rotatable bonds is 3. The predicted molar refractivity (Wildman–Crippen MR) is 114 cm³/mol. The second-order valence-electron chi connectivity index (χ2n) is 7.10. The molecule has 2 N–H and O–H groups in total. The molecule has 5 nitrogen and oxygen atoms in total. The number of benzene rings is 2. The Labute approximate surface area is 167 Å². The molecular weight excluding hydrogens is 370 g/mol. The maximum atomic E-state index is 6.04. The van der Waals surface area contributed by atoms with Gasteiger partial charge in [-0.25, -0.2) is 0 Å². The van der Waals surface area contributed by atoms with Crippen LogP contribution in [-0.2, 0) is 0 Å². The van der Waals surface area contributed by atoms with Gasteiger partial charge in [0.25, 0.3) is 0 Å². The summed E-state index contributed by atoms with van der Waals surface area (Å²) in [6.07, 6.45) is 4.07. The minimum Gasteiger partial charge on any atom is -0.464 e. The molecule has 1 saturated carbocycles. The van der Waals surface area contributed by atoms with Gasteiger partial charge in [0.2, 0.25) is 5.55 Å². The summed E-state index contributed by atoms with van der Waals surface area (Å²) in [7, 11) is 0. The molecule has 0 radical (unpaired) electrons. The van der Waals surface area contributed by atoms with Gasteiger partial charge in [0.05, 0.1) is 6.26 Å². The molecule has 6 heteroatoms. The average molecular weight is 389 g/mol. The zero-order chi connectivity index (χ0) is 19.1. The molecular formula is C22H19N3O2S. The van der Waals surface area contributed by atoms with Crippen molar-refractivity contribution in [1.82, 2.24) is 10.7 Å². The van der Waals surface area contributed by atoms with Gasteiger partial charge < -0.3 is 14.2 Å². The van der Waals surface area contributed by atoms with Gasteiger partial charge in [0.1, 0.15) is 11.2 Å². The summed E-state index contributed by atoms with van der Waals surface area (Å²) in [5, 5.41) is 10.2. The minimum absolute atomic E-state index is 0.453. The smallest absolute Gasteiger partial charge is 0.237 e. The molecule has 2 heterocycles. The fourth-order valence-corrected chi connectivity index (χ4v) is 3.50. The van der Waals surface area contributed by atoms with Gasteiger partial charge >= 0.3 is 0 Å². The summed E-state index contributed by atoms with van der Waals surface area (Å²) < 4.78 is 11.7. The topological polar surface area (TPSA) is 62.7 Å². The Hall–Kier alpha value is -3.12. The number of aryl methyl sites for hydroxylation is 1. The molecule has 5 rings (SSSR count). The van der Waals surface area contributed by atoms with Crippen LogP contribution >= 0.6 is 12.2 Å². The monoisotopic (exact) mass is 389 g/mol. The molecule has 1 aliphatic rings. The maximum absolute atomic E-state index is 6.04. The molecule has 4 aromatic rings. The fraction of sp³-hybridized carbons (Fsp3) is 0.182. The van der Waals surface area contributed by atoms with E-state index in [0.717, 1.165) is 45.9 Å². The van der Waals surface area contributed by atoms with Gasteiger partial charge in [0, 0.05) is 28.9 Å². The maximum Gasteiger partial charge on any atom is 0.237 e. The van der Waals surface area contributed by atoms with Crippen LogP contribution < -0.4 is 16.3 Å². The van der Waals surface area contributed by atoms with E-state index in [1.54, 1.807) is 6.26 Å². The van der Waals surface area contributed by atoms with E-state index in [0.29, 0.717) is 22.3 Å². The highest BCUT2D eigenvalue weighted by Gasteiger charge is 2.21. The summed E-state index contributed by atoms with van der Waals surface area (Å²) in [6, 6.07) is 16.7. The van der Waals surface area contributed by atoms with E-state index in [9.17, 15) is 0 Å². The van der Waals surface area contributed by atoms with Crippen LogP contribution in [0, 0.1) is 6.92 Å².